The van der Waals surface area contributed by atoms with Crippen molar-refractivity contribution in [2.75, 3.05) is 16.4 Å². The fraction of sp³-hybridized carbons (Fsp3) is 0.304. The Morgan fingerprint density at radius 1 is 1.15 bits per heavy atom. The summed E-state index contributed by atoms with van der Waals surface area (Å²) in [5.41, 5.74) is 0.784. The van der Waals surface area contributed by atoms with Crippen LogP contribution in [0.1, 0.15) is 31.7 Å². The third-order valence-electron chi connectivity index (χ3n) is 6.36. The number of rotatable bonds is 3. The second-order valence-electron chi connectivity index (χ2n) is 8.43. The highest BCUT2D eigenvalue weighted by atomic mass is 19.1. The summed E-state index contributed by atoms with van der Waals surface area (Å²) >= 11 is 0. The summed E-state index contributed by atoms with van der Waals surface area (Å²) in [5, 5.41) is 3.85. The molecule has 0 saturated carbocycles. The molecule has 4 heterocycles. The highest BCUT2D eigenvalue weighted by Crippen LogP contribution is 2.47. The van der Waals surface area contributed by atoms with Crippen LogP contribution in [0.15, 0.2) is 52.0 Å². The predicted molar refractivity (Wildman–Crippen MR) is 115 cm³/mol. The standard InChI is InChI=1S/C23H19F2N5O3/c1-23(9-4-10-32-23)30-17-6-3-2-5-16(17)29-12-26-18(19(29)22(30)31)21-27-20(28-33-21)14-8-7-13(24)11-15(14)25/h2-3,5-8,11-12,18-19H,4,9-10H2,1H3. The predicted octanol–water partition coefficient (Wildman–Crippen LogP) is 3.85. The number of para-hydroxylation sites is 2. The van der Waals surface area contributed by atoms with E-state index in [4.69, 9.17) is 9.26 Å². The quantitative estimate of drug-likeness (QED) is 0.602. The molecule has 0 spiro atoms. The van der Waals surface area contributed by atoms with Crippen LogP contribution in [-0.2, 0) is 9.53 Å². The summed E-state index contributed by atoms with van der Waals surface area (Å²) in [6.07, 6.45) is 3.15. The number of aromatic nitrogens is 2. The Bertz CT molecular complexity index is 1290. The van der Waals surface area contributed by atoms with Crippen molar-refractivity contribution >= 4 is 23.6 Å². The molecule has 3 aliphatic rings. The van der Waals surface area contributed by atoms with Crippen LogP contribution >= 0.6 is 0 Å². The minimum Gasteiger partial charge on any atom is -0.355 e. The zero-order valence-corrected chi connectivity index (χ0v) is 17.6. The van der Waals surface area contributed by atoms with Crippen molar-refractivity contribution < 1.29 is 22.8 Å². The van der Waals surface area contributed by atoms with E-state index in [1.807, 2.05) is 31.2 Å². The molecule has 2 aromatic carbocycles. The van der Waals surface area contributed by atoms with Gasteiger partial charge in [-0.25, -0.2) is 8.78 Å². The molecule has 3 atom stereocenters. The summed E-state index contributed by atoms with van der Waals surface area (Å²) in [6, 6.07) is 9.14. The van der Waals surface area contributed by atoms with E-state index in [9.17, 15) is 13.6 Å². The number of aliphatic imine (C=N–C) groups is 1. The van der Waals surface area contributed by atoms with Crippen LogP contribution < -0.4 is 9.80 Å². The normalized spacial score (nSPS) is 26.1. The molecule has 8 nitrogen and oxygen atoms in total. The lowest BCUT2D eigenvalue weighted by Crippen LogP contribution is -2.60. The van der Waals surface area contributed by atoms with Gasteiger partial charge in [0.1, 0.15) is 23.4 Å². The molecular weight excluding hydrogens is 432 g/mol. The molecule has 0 N–H and O–H groups in total. The molecule has 168 valence electrons. The van der Waals surface area contributed by atoms with Crippen LogP contribution in [-0.4, -0.2) is 40.8 Å². The largest absolute Gasteiger partial charge is 0.355 e. The van der Waals surface area contributed by atoms with Gasteiger partial charge in [0, 0.05) is 12.7 Å². The first-order valence-electron chi connectivity index (χ1n) is 10.6. The molecule has 1 aromatic heterocycles. The van der Waals surface area contributed by atoms with E-state index in [0.29, 0.717) is 13.0 Å². The number of carbonyl (C=O) groups excluding carboxylic acids is 1. The van der Waals surface area contributed by atoms with Gasteiger partial charge in [-0.3, -0.25) is 14.7 Å². The second kappa shape index (κ2) is 7.17. The summed E-state index contributed by atoms with van der Waals surface area (Å²) < 4.78 is 38.9. The van der Waals surface area contributed by atoms with Crippen molar-refractivity contribution in [1.29, 1.82) is 0 Å². The molecule has 0 bridgehead atoms. The average Bonchev–Trinajstić information content (AvgIpc) is 3.53. The summed E-state index contributed by atoms with van der Waals surface area (Å²) in [5.74, 6) is -1.68. The Labute approximate surface area is 187 Å². The van der Waals surface area contributed by atoms with Gasteiger partial charge in [-0.15, -0.1) is 0 Å². The first-order chi connectivity index (χ1) is 16.0. The lowest BCUT2D eigenvalue weighted by Gasteiger charge is -2.45. The number of nitrogens with zero attached hydrogens (tertiary/aromatic N) is 5. The van der Waals surface area contributed by atoms with Gasteiger partial charge in [0.15, 0.2) is 6.04 Å². The van der Waals surface area contributed by atoms with E-state index in [-0.39, 0.29) is 23.2 Å². The minimum absolute atomic E-state index is 0.000887. The number of halogens is 2. The number of carbonyl (C=O) groups is 1. The van der Waals surface area contributed by atoms with Crippen LogP contribution in [0.4, 0.5) is 20.2 Å². The summed E-state index contributed by atoms with van der Waals surface area (Å²) in [4.78, 5) is 26.1. The lowest BCUT2D eigenvalue weighted by molar-refractivity contribution is -0.125. The molecule has 1 saturated heterocycles. The molecule has 10 heteroatoms. The van der Waals surface area contributed by atoms with E-state index >= 15 is 0 Å². The van der Waals surface area contributed by atoms with E-state index in [2.05, 4.69) is 15.1 Å². The van der Waals surface area contributed by atoms with Crippen LogP contribution in [0.2, 0.25) is 0 Å². The van der Waals surface area contributed by atoms with Gasteiger partial charge in [-0.1, -0.05) is 17.3 Å². The molecule has 0 radical (unpaired) electrons. The van der Waals surface area contributed by atoms with Crippen LogP contribution in [0.5, 0.6) is 0 Å². The Morgan fingerprint density at radius 2 is 1.97 bits per heavy atom. The molecule has 1 amide bonds. The number of ether oxygens (including phenoxy) is 1. The van der Waals surface area contributed by atoms with E-state index in [1.54, 1.807) is 16.1 Å². The maximum atomic E-state index is 14.2. The Balaban J connectivity index is 1.40. The number of fused-ring (bicyclic) bond motifs is 3. The summed E-state index contributed by atoms with van der Waals surface area (Å²) in [7, 11) is 0. The van der Waals surface area contributed by atoms with Gasteiger partial charge in [0.25, 0.3) is 11.8 Å². The van der Waals surface area contributed by atoms with Crippen molar-refractivity contribution in [1.82, 2.24) is 10.1 Å². The van der Waals surface area contributed by atoms with Crippen LogP contribution in [0, 0.1) is 11.6 Å². The monoisotopic (exact) mass is 451 g/mol. The average molecular weight is 451 g/mol. The topological polar surface area (TPSA) is 84.1 Å². The molecule has 3 aliphatic heterocycles. The highest BCUT2D eigenvalue weighted by molar-refractivity contribution is 6.12. The van der Waals surface area contributed by atoms with Gasteiger partial charge in [0.2, 0.25) is 5.82 Å². The van der Waals surface area contributed by atoms with Crippen molar-refractivity contribution in [3.8, 4) is 11.4 Å². The molecular formula is C23H19F2N5O3. The molecule has 1 fully saturated rings. The maximum Gasteiger partial charge on any atom is 0.255 e. The first kappa shape index (κ1) is 20.0. The fourth-order valence-corrected chi connectivity index (χ4v) is 4.80. The van der Waals surface area contributed by atoms with Gasteiger partial charge in [-0.05, 0) is 44.0 Å². The molecule has 6 rings (SSSR count). The van der Waals surface area contributed by atoms with Gasteiger partial charge < -0.3 is 14.2 Å². The fourth-order valence-electron chi connectivity index (χ4n) is 4.80. The molecule has 3 aromatic rings. The Hall–Kier alpha value is -3.66. The first-order valence-corrected chi connectivity index (χ1v) is 10.6. The van der Waals surface area contributed by atoms with Gasteiger partial charge in [-0.2, -0.15) is 4.98 Å². The SMILES string of the molecule is CC1(N2C(=O)C3C(c4nc(-c5ccc(F)cc5F)no4)N=CN3c3ccccc32)CCCO1. The Kier molecular flexibility index (Phi) is 4.34. The van der Waals surface area contributed by atoms with Gasteiger partial charge in [0.05, 0.1) is 23.3 Å². The van der Waals surface area contributed by atoms with E-state index in [1.165, 1.54) is 6.07 Å². The number of amides is 1. The van der Waals surface area contributed by atoms with Crippen molar-refractivity contribution in [2.24, 2.45) is 4.99 Å². The van der Waals surface area contributed by atoms with E-state index < -0.39 is 29.4 Å². The van der Waals surface area contributed by atoms with E-state index in [0.717, 1.165) is 29.9 Å². The molecule has 0 aliphatic carbocycles. The molecule has 3 unspecified atom stereocenters. The third kappa shape index (κ3) is 2.97. The highest BCUT2D eigenvalue weighted by Gasteiger charge is 2.53. The summed E-state index contributed by atoms with van der Waals surface area (Å²) in [6.45, 7) is 2.49. The smallest absolute Gasteiger partial charge is 0.255 e. The number of hydrogen-bond acceptors (Lipinski definition) is 7. The zero-order chi connectivity index (χ0) is 22.7. The second-order valence-corrected chi connectivity index (χ2v) is 8.43. The third-order valence-corrected chi connectivity index (χ3v) is 6.36. The van der Waals surface area contributed by atoms with Crippen molar-refractivity contribution in [3.05, 3.63) is 60.0 Å². The Morgan fingerprint density at radius 3 is 2.73 bits per heavy atom. The lowest BCUT2D eigenvalue weighted by atomic mass is 9.97. The molecule has 33 heavy (non-hydrogen) atoms. The zero-order valence-electron chi connectivity index (χ0n) is 17.6. The minimum atomic E-state index is -0.806. The van der Waals surface area contributed by atoms with Crippen molar-refractivity contribution in [3.63, 3.8) is 0 Å². The van der Waals surface area contributed by atoms with Crippen LogP contribution in [0.3, 0.4) is 0 Å². The number of hydrogen-bond donors (Lipinski definition) is 0. The number of anilines is 2. The van der Waals surface area contributed by atoms with Crippen LogP contribution in [0.25, 0.3) is 11.4 Å². The van der Waals surface area contributed by atoms with Crippen molar-refractivity contribution in [2.45, 2.75) is 37.6 Å². The van der Waals surface area contributed by atoms with Gasteiger partial charge >= 0.3 is 0 Å². The maximum absolute atomic E-state index is 14.2. The number of benzene rings is 2.